The maximum atomic E-state index is 12.9. The molecule has 7 heteroatoms. The maximum Gasteiger partial charge on any atom is 0.237 e. The van der Waals surface area contributed by atoms with Crippen molar-refractivity contribution in [1.82, 2.24) is 10.2 Å². The highest BCUT2D eigenvalue weighted by molar-refractivity contribution is 8.00. The molecule has 1 atom stereocenters. The topological polar surface area (TPSA) is 67.4 Å². The van der Waals surface area contributed by atoms with Gasteiger partial charge in [-0.25, -0.2) is 0 Å². The van der Waals surface area contributed by atoms with Gasteiger partial charge < -0.3 is 15.0 Å². The van der Waals surface area contributed by atoms with Crippen LogP contribution < -0.4 is 10.2 Å². The number of thioether (sulfide) groups is 1. The monoisotopic (exact) mass is 470 g/mol. The number of benzene rings is 3. The summed E-state index contributed by atoms with van der Waals surface area (Å²) in [5.41, 5.74) is 3.79. The first-order valence-corrected chi connectivity index (χ1v) is 12.3. The van der Waals surface area contributed by atoms with Crippen molar-refractivity contribution in [2.24, 2.45) is 0 Å². The number of morpholine rings is 1. The summed E-state index contributed by atoms with van der Waals surface area (Å²) in [6, 6.07) is 26.1. The number of aromatic nitrogens is 2. The Bertz CT molecular complexity index is 1280. The average Bonchev–Trinajstić information content (AvgIpc) is 2.90. The van der Waals surface area contributed by atoms with Gasteiger partial charge in [-0.15, -0.1) is 10.2 Å². The van der Waals surface area contributed by atoms with Crippen LogP contribution in [0.15, 0.2) is 83.9 Å². The molecule has 1 saturated heterocycles. The van der Waals surface area contributed by atoms with Crippen LogP contribution in [0.3, 0.4) is 0 Å². The number of carbonyl (C=O) groups excluding carboxylic acids is 1. The number of carbonyl (C=O) groups is 1. The average molecular weight is 471 g/mol. The van der Waals surface area contributed by atoms with Crippen LogP contribution in [-0.2, 0) is 9.53 Å². The fourth-order valence-corrected chi connectivity index (χ4v) is 4.91. The zero-order valence-corrected chi connectivity index (χ0v) is 19.8. The van der Waals surface area contributed by atoms with Crippen LogP contribution in [0.25, 0.3) is 22.0 Å². The lowest BCUT2D eigenvalue weighted by molar-refractivity contribution is -0.115. The van der Waals surface area contributed by atoms with E-state index in [-0.39, 0.29) is 11.2 Å². The van der Waals surface area contributed by atoms with Crippen molar-refractivity contribution in [2.75, 3.05) is 36.5 Å². The quantitative estimate of drug-likeness (QED) is 0.388. The van der Waals surface area contributed by atoms with Gasteiger partial charge in [-0.1, -0.05) is 66.4 Å². The lowest BCUT2D eigenvalue weighted by Gasteiger charge is -2.28. The van der Waals surface area contributed by atoms with Crippen molar-refractivity contribution < 1.29 is 9.53 Å². The molecule has 5 rings (SSSR count). The van der Waals surface area contributed by atoms with Crippen LogP contribution in [-0.4, -0.2) is 47.7 Å². The van der Waals surface area contributed by atoms with E-state index in [0.717, 1.165) is 64.7 Å². The molecule has 4 aromatic rings. The Labute approximate surface area is 203 Å². The predicted octanol–water partition coefficient (Wildman–Crippen LogP) is 5.25. The van der Waals surface area contributed by atoms with Crippen LogP contribution in [0.1, 0.15) is 6.92 Å². The van der Waals surface area contributed by atoms with Crippen molar-refractivity contribution in [3.63, 3.8) is 0 Å². The lowest BCUT2D eigenvalue weighted by Crippen LogP contribution is -2.36. The molecule has 1 aliphatic rings. The SMILES string of the molecule is C[C@@H](Sc1nnc(-c2ccccc2)c2ccccc12)C(=O)Nc1ccc(N2CCOCC2)cc1. The minimum atomic E-state index is -0.334. The van der Waals surface area contributed by atoms with Gasteiger partial charge in [-0.05, 0) is 31.2 Å². The number of hydrogen-bond acceptors (Lipinski definition) is 6. The zero-order valence-electron chi connectivity index (χ0n) is 19.0. The van der Waals surface area contributed by atoms with Crippen molar-refractivity contribution in [3.8, 4) is 11.3 Å². The summed E-state index contributed by atoms with van der Waals surface area (Å²) in [7, 11) is 0. The Morgan fingerprint density at radius 1 is 0.912 bits per heavy atom. The van der Waals surface area contributed by atoms with Crippen molar-refractivity contribution in [1.29, 1.82) is 0 Å². The van der Waals surface area contributed by atoms with Gasteiger partial charge in [0.1, 0.15) is 10.7 Å². The molecule has 1 aromatic heterocycles. The molecule has 0 saturated carbocycles. The van der Waals surface area contributed by atoms with Crippen molar-refractivity contribution >= 4 is 39.8 Å². The van der Waals surface area contributed by atoms with E-state index in [1.165, 1.54) is 11.8 Å². The minimum Gasteiger partial charge on any atom is -0.378 e. The molecule has 172 valence electrons. The molecule has 6 nitrogen and oxygen atoms in total. The smallest absolute Gasteiger partial charge is 0.237 e. The van der Waals surface area contributed by atoms with Crippen LogP contribution in [0.4, 0.5) is 11.4 Å². The van der Waals surface area contributed by atoms with Gasteiger partial charge >= 0.3 is 0 Å². The van der Waals surface area contributed by atoms with E-state index in [0.29, 0.717) is 0 Å². The number of nitrogens with zero attached hydrogens (tertiary/aromatic N) is 3. The highest BCUT2D eigenvalue weighted by Gasteiger charge is 2.19. The second kappa shape index (κ2) is 10.2. The molecule has 34 heavy (non-hydrogen) atoms. The third-order valence-corrected chi connectivity index (χ3v) is 6.96. The van der Waals surface area contributed by atoms with E-state index in [9.17, 15) is 4.79 Å². The third kappa shape index (κ3) is 4.90. The van der Waals surface area contributed by atoms with Gasteiger partial charge in [-0.2, -0.15) is 0 Å². The third-order valence-electron chi connectivity index (χ3n) is 5.87. The molecule has 1 N–H and O–H groups in total. The molecule has 0 spiro atoms. The molecule has 1 fully saturated rings. The van der Waals surface area contributed by atoms with Crippen molar-refractivity contribution in [3.05, 3.63) is 78.9 Å². The number of hydrogen-bond donors (Lipinski definition) is 1. The predicted molar refractivity (Wildman–Crippen MR) is 138 cm³/mol. The Morgan fingerprint density at radius 2 is 1.59 bits per heavy atom. The summed E-state index contributed by atoms with van der Waals surface area (Å²) < 4.78 is 5.42. The second-order valence-corrected chi connectivity index (χ2v) is 9.49. The maximum absolute atomic E-state index is 12.9. The molecule has 1 aliphatic heterocycles. The van der Waals surface area contributed by atoms with Gasteiger partial charge in [0.25, 0.3) is 0 Å². The standard InChI is InChI=1S/C27H26N4O2S/c1-19(26(32)28-21-11-13-22(14-12-21)31-15-17-33-18-16-31)34-27-24-10-6-5-9-23(24)25(29-30-27)20-7-3-2-4-8-20/h2-14,19H,15-18H2,1H3,(H,28,32)/t19-/m1/s1. The fourth-order valence-electron chi connectivity index (χ4n) is 4.02. The minimum absolute atomic E-state index is 0.0675. The molecule has 1 amide bonds. The van der Waals surface area contributed by atoms with Crippen LogP contribution in [0, 0.1) is 0 Å². The molecule has 0 radical (unpaired) electrons. The summed E-state index contributed by atoms with van der Waals surface area (Å²) in [5, 5.41) is 14.5. The van der Waals surface area contributed by atoms with E-state index >= 15 is 0 Å². The van der Waals surface area contributed by atoms with Crippen LogP contribution in [0.5, 0.6) is 0 Å². The highest BCUT2D eigenvalue weighted by atomic mass is 32.2. The van der Waals surface area contributed by atoms with Crippen LogP contribution >= 0.6 is 11.8 Å². The Kier molecular flexibility index (Phi) is 6.74. The van der Waals surface area contributed by atoms with E-state index in [2.05, 4.69) is 26.5 Å². The summed E-state index contributed by atoms with van der Waals surface area (Å²) in [6.07, 6.45) is 0. The van der Waals surface area contributed by atoms with E-state index in [4.69, 9.17) is 4.74 Å². The van der Waals surface area contributed by atoms with Crippen LogP contribution in [0.2, 0.25) is 0 Å². The lowest BCUT2D eigenvalue weighted by atomic mass is 10.1. The molecule has 0 unspecified atom stereocenters. The van der Waals surface area contributed by atoms with Gasteiger partial charge in [0.05, 0.1) is 18.5 Å². The fraction of sp³-hybridized carbons (Fsp3) is 0.222. The highest BCUT2D eigenvalue weighted by Crippen LogP contribution is 2.33. The number of ether oxygens (including phenoxy) is 1. The second-order valence-electron chi connectivity index (χ2n) is 8.16. The Hall–Kier alpha value is -3.42. The number of anilines is 2. The largest absolute Gasteiger partial charge is 0.378 e. The molecule has 0 bridgehead atoms. The summed E-state index contributed by atoms with van der Waals surface area (Å²) >= 11 is 1.42. The van der Waals surface area contributed by atoms with Gasteiger partial charge in [0, 0.05) is 40.8 Å². The number of amides is 1. The van der Waals surface area contributed by atoms with Gasteiger partial charge in [0.2, 0.25) is 5.91 Å². The van der Waals surface area contributed by atoms with Gasteiger partial charge in [0.15, 0.2) is 0 Å². The molecule has 2 heterocycles. The first-order valence-electron chi connectivity index (χ1n) is 11.4. The first kappa shape index (κ1) is 22.4. The van der Waals surface area contributed by atoms with Crippen molar-refractivity contribution in [2.45, 2.75) is 17.2 Å². The zero-order chi connectivity index (χ0) is 23.3. The first-order chi connectivity index (χ1) is 16.7. The number of rotatable bonds is 6. The molecule has 3 aromatic carbocycles. The Balaban J connectivity index is 1.30. The van der Waals surface area contributed by atoms with E-state index in [1.54, 1.807) is 0 Å². The van der Waals surface area contributed by atoms with E-state index in [1.807, 2.05) is 79.7 Å². The molecular formula is C27H26N4O2S. The van der Waals surface area contributed by atoms with E-state index < -0.39 is 0 Å². The normalized spacial score (nSPS) is 14.7. The summed E-state index contributed by atoms with van der Waals surface area (Å²) in [5.74, 6) is -0.0675. The molecular weight excluding hydrogens is 444 g/mol. The number of fused-ring (bicyclic) bond motifs is 1. The Morgan fingerprint density at radius 3 is 2.32 bits per heavy atom. The van der Waals surface area contributed by atoms with Gasteiger partial charge in [-0.3, -0.25) is 4.79 Å². The number of nitrogens with one attached hydrogen (secondary N) is 1. The summed E-state index contributed by atoms with van der Waals surface area (Å²) in [4.78, 5) is 15.2. The molecule has 0 aliphatic carbocycles. The summed E-state index contributed by atoms with van der Waals surface area (Å²) in [6.45, 7) is 5.16.